The molecule has 0 bridgehead atoms. The molecule has 0 unspecified atom stereocenters. The highest BCUT2D eigenvalue weighted by atomic mass is 35.5. The van der Waals surface area contributed by atoms with Crippen LogP contribution >= 0.6 is 11.6 Å². The fourth-order valence-electron chi connectivity index (χ4n) is 1.61. The molecule has 0 aromatic heterocycles. The van der Waals surface area contributed by atoms with Crippen LogP contribution in [0.5, 0.6) is 5.75 Å². The van der Waals surface area contributed by atoms with Crippen molar-refractivity contribution in [3.63, 3.8) is 0 Å². The molecule has 94 valence electrons. The number of carbonyl (C=O) groups excluding carboxylic acids is 1. The van der Waals surface area contributed by atoms with Crippen molar-refractivity contribution in [3.05, 3.63) is 28.3 Å². The molecular weight excluding hydrogens is 242 g/mol. The van der Waals surface area contributed by atoms with Crippen LogP contribution in [-0.4, -0.2) is 26.2 Å². The van der Waals surface area contributed by atoms with Crippen molar-refractivity contribution in [2.75, 3.05) is 20.3 Å². The molecular formula is C12H16ClNO3. The minimum absolute atomic E-state index is 0.105. The topological polar surface area (TPSA) is 61.5 Å². The molecule has 0 aliphatic carbocycles. The molecule has 0 heterocycles. The van der Waals surface area contributed by atoms with Crippen LogP contribution < -0.4 is 10.5 Å². The molecule has 0 amide bonds. The summed E-state index contributed by atoms with van der Waals surface area (Å²) >= 11 is 5.96. The highest BCUT2D eigenvalue weighted by Gasteiger charge is 2.09. The van der Waals surface area contributed by atoms with E-state index in [2.05, 4.69) is 0 Å². The van der Waals surface area contributed by atoms with Gasteiger partial charge in [0.15, 0.2) is 0 Å². The van der Waals surface area contributed by atoms with E-state index in [1.54, 1.807) is 7.11 Å². The number of esters is 1. The maximum Gasteiger partial charge on any atom is 0.319 e. The highest BCUT2D eigenvalue weighted by molar-refractivity contribution is 6.30. The van der Waals surface area contributed by atoms with Crippen molar-refractivity contribution in [1.82, 2.24) is 0 Å². The van der Waals surface area contributed by atoms with Crippen LogP contribution in [-0.2, 0) is 16.0 Å². The number of hydrogen-bond donors (Lipinski definition) is 1. The number of benzene rings is 1. The summed E-state index contributed by atoms with van der Waals surface area (Å²) in [4.78, 5) is 10.9. The van der Waals surface area contributed by atoms with Gasteiger partial charge < -0.3 is 15.2 Å². The molecule has 0 spiro atoms. The maximum absolute atomic E-state index is 10.9. The molecule has 1 aromatic carbocycles. The number of aryl methyl sites for hydroxylation is 1. The van der Waals surface area contributed by atoms with Gasteiger partial charge in [0, 0.05) is 11.4 Å². The lowest BCUT2D eigenvalue weighted by Crippen LogP contribution is -2.18. The first kappa shape index (κ1) is 13.8. The van der Waals surface area contributed by atoms with E-state index in [-0.39, 0.29) is 13.2 Å². The number of nitrogens with two attached hydrogens (primary N) is 1. The first-order valence-electron chi connectivity index (χ1n) is 5.27. The van der Waals surface area contributed by atoms with E-state index < -0.39 is 5.97 Å². The van der Waals surface area contributed by atoms with Crippen molar-refractivity contribution >= 4 is 17.6 Å². The second kappa shape index (κ2) is 6.47. The van der Waals surface area contributed by atoms with Gasteiger partial charge in [0.05, 0.1) is 20.3 Å². The van der Waals surface area contributed by atoms with Crippen molar-refractivity contribution < 1.29 is 14.3 Å². The number of carbonyl (C=O) groups is 1. The van der Waals surface area contributed by atoms with E-state index in [9.17, 15) is 4.79 Å². The number of rotatable bonds is 5. The Morgan fingerprint density at radius 2 is 2.18 bits per heavy atom. The van der Waals surface area contributed by atoms with Gasteiger partial charge in [0.2, 0.25) is 0 Å². The molecule has 0 aliphatic rings. The largest absolute Gasteiger partial charge is 0.496 e. The van der Waals surface area contributed by atoms with Crippen LogP contribution in [0.2, 0.25) is 5.02 Å². The Balaban J connectivity index is 2.72. The van der Waals surface area contributed by atoms with Gasteiger partial charge in [-0.15, -0.1) is 0 Å². The Morgan fingerprint density at radius 3 is 2.76 bits per heavy atom. The van der Waals surface area contributed by atoms with E-state index in [1.807, 2.05) is 19.1 Å². The van der Waals surface area contributed by atoms with Gasteiger partial charge in [-0.2, -0.15) is 0 Å². The third-order valence-corrected chi connectivity index (χ3v) is 2.54. The zero-order chi connectivity index (χ0) is 12.8. The van der Waals surface area contributed by atoms with Gasteiger partial charge in [-0.1, -0.05) is 11.6 Å². The lowest BCUT2D eigenvalue weighted by Gasteiger charge is -2.12. The Kier molecular flexibility index (Phi) is 5.25. The van der Waals surface area contributed by atoms with E-state index in [1.165, 1.54) is 0 Å². The predicted octanol–water partition coefficient (Wildman–Crippen LogP) is 1.70. The average Bonchev–Trinajstić information content (AvgIpc) is 2.28. The SMILES string of the molecule is COc1c(C)cc(Cl)cc1CCOC(=O)CN. The van der Waals surface area contributed by atoms with Crippen LogP contribution in [0.4, 0.5) is 0 Å². The predicted molar refractivity (Wildman–Crippen MR) is 66.5 cm³/mol. The van der Waals surface area contributed by atoms with Gasteiger partial charge >= 0.3 is 5.97 Å². The number of hydrogen-bond acceptors (Lipinski definition) is 4. The summed E-state index contributed by atoms with van der Waals surface area (Å²) in [5.74, 6) is 0.362. The monoisotopic (exact) mass is 257 g/mol. The van der Waals surface area contributed by atoms with Gasteiger partial charge in [-0.25, -0.2) is 0 Å². The second-order valence-electron chi connectivity index (χ2n) is 3.59. The Labute approximate surface area is 106 Å². The van der Waals surface area contributed by atoms with Crippen molar-refractivity contribution in [2.45, 2.75) is 13.3 Å². The fourth-order valence-corrected chi connectivity index (χ4v) is 1.91. The normalized spacial score (nSPS) is 10.1. The summed E-state index contributed by atoms with van der Waals surface area (Å²) in [6.07, 6.45) is 0.552. The van der Waals surface area contributed by atoms with Gasteiger partial charge in [0.25, 0.3) is 0 Å². The molecule has 4 nitrogen and oxygen atoms in total. The summed E-state index contributed by atoms with van der Waals surface area (Å²) in [6.45, 7) is 2.08. The van der Waals surface area contributed by atoms with E-state index in [0.29, 0.717) is 11.4 Å². The lowest BCUT2D eigenvalue weighted by atomic mass is 10.1. The first-order valence-corrected chi connectivity index (χ1v) is 5.65. The second-order valence-corrected chi connectivity index (χ2v) is 4.03. The van der Waals surface area contributed by atoms with Crippen LogP contribution in [0, 0.1) is 6.92 Å². The third-order valence-electron chi connectivity index (χ3n) is 2.32. The highest BCUT2D eigenvalue weighted by Crippen LogP contribution is 2.27. The summed E-state index contributed by atoms with van der Waals surface area (Å²) < 4.78 is 10.2. The number of halogens is 1. The molecule has 0 aliphatic heterocycles. The van der Waals surface area contributed by atoms with Gasteiger partial charge in [-0.3, -0.25) is 4.79 Å². The van der Waals surface area contributed by atoms with E-state index in [0.717, 1.165) is 16.9 Å². The van der Waals surface area contributed by atoms with Crippen molar-refractivity contribution in [1.29, 1.82) is 0 Å². The molecule has 17 heavy (non-hydrogen) atoms. The Morgan fingerprint density at radius 1 is 1.47 bits per heavy atom. The van der Waals surface area contributed by atoms with Gasteiger partial charge in [-0.05, 0) is 30.2 Å². The average molecular weight is 258 g/mol. The molecule has 0 fully saturated rings. The number of ether oxygens (including phenoxy) is 2. The Hall–Kier alpha value is -1.26. The minimum atomic E-state index is -0.414. The molecule has 5 heteroatoms. The molecule has 0 saturated carbocycles. The summed E-state index contributed by atoms with van der Waals surface area (Å²) in [6, 6.07) is 3.64. The fraction of sp³-hybridized carbons (Fsp3) is 0.417. The zero-order valence-corrected chi connectivity index (χ0v) is 10.7. The summed E-state index contributed by atoms with van der Waals surface area (Å²) in [5, 5.41) is 0.642. The van der Waals surface area contributed by atoms with Crippen LogP contribution in [0.3, 0.4) is 0 Å². The maximum atomic E-state index is 10.9. The lowest BCUT2D eigenvalue weighted by molar-refractivity contribution is -0.141. The molecule has 2 N–H and O–H groups in total. The minimum Gasteiger partial charge on any atom is -0.496 e. The van der Waals surface area contributed by atoms with Gasteiger partial charge in [0.1, 0.15) is 5.75 Å². The standard InChI is InChI=1S/C12H16ClNO3/c1-8-5-10(13)6-9(12(8)16-2)3-4-17-11(15)7-14/h5-6H,3-4,7,14H2,1-2H3. The molecule has 0 saturated heterocycles. The summed E-state index contributed by atoms with van der Waals surface area (Å²) in [5.41, 5.74) is 7.01. The third kappa shape index (κ3) is 3.91. The molecule has 0 atom stereocenters. The molecule has 0 radical (unpaired) electrons. The summed E-state index contributed by atoms with van der Waals surface area (Å²) in [7, 11) is 1.60. The van der Waals surface area contributed by atoms with Crippen molar-refractivity contribution in [3.8, 4) is 5.75 Å². The van der Waals surface area contributed by atoms with E-state index >= 15 is 0 Å². The molecule has 1 rings (SSSR count). The van der Waals surface area contributed by atoms with E-state index in [4.69, 9.17) is 26.8 Å². The quantitative estimate of drug-likeness (QED) is 0.816. The molecule has 1 aromatic rings. The smallest absolute Gasteiger partial charge is 0.319 e. The van der Waals surface area contributed by atoms with Crippen LogP contribution in [0.25, 0.3) is 0 Å². The van der Waals surface area contributed by atoms with Crippen molar-refractivity contribution in [2.24, 2.45) is 5.73 Å². The zero-order valence-electron chi connectivity index (χ0n) is 9.96. The van der Waals surface area contributed by atoms with Crippen LogP contribution in [0.1, 0.15) is 11.1 Å². The number of methoxy groups -OCH3 is 1. The van der Waals surface area contributed by atoms with Crippen LogP contribution in [0.15, 0.2) is 12.1 Å². The Bertz CT molecular complexity index is 407. The first-order chi connectivity index (χ1) is 8.08.